The van der Waals surface area contributed by atoms with Gasteiger partial charge in [0.05, 0.1) is 10.6 Å². The molecule has 2 N–H and O–H groups in total. The Bertz CT molecular complexity index is 614. The first-order valence-corrected chi connectivity index (χ1v) is 8.36. The molecule has 1 aromatic carbocycles. The molecule has 0 bridgehead atoms. The Morgan fingerprint density at radius 2 is 1.92 bits per heavy atom. The first-order chi connectivity index (χ1) is 11.5. The number of hydrogen-bond donors (Lipinski definition) is 2. The molecule has 24 heavy (non-hydrogen) atoms. The molecule has 7 heteroatoms. The van der Waals surface area contributed by atoms with Crippen molar-refractivity contribution in [3.63, 3.8) is 0 Å². The van der Waals surface area contributed by atoms with Crippen molar-refractivity contribution >= 4 is 29.4 Å². The predicted molar refractivity (Wildman–Crippen MR) is 89.7 cm³/mol. The SMILES string of the molecule is CC(NC(=O)c1ccccc1Cl)C(=O)OCC(=O)NC1CCCC1. The summed E-state index contributed by atoms with van der Waals surface area (Å²) in [6.07, 6.45) is 4.14. The maximum Gasteiger partial charge on any atom is 0.328 e. The second-order valence-electron chi connectivity index (χ2n) is 5.83. The van der Waals surface area contributed by atoms with Crippen LogP contribution < -0.4 is 10.6 Å². The topological polar surface area (TPSA) is 84.5 Å². The van der Waals surface area contributed by atoms with Crippen LogP contribution in [-0.2, 0) is 14.3 Å². The molecule has 1 aromatic rings. The van der Waals surface area contributed by atoms with Crippen LogP contribution >= 0.6 is 11.6 Å². The maximum atomic E-state index is 12.1. The number of rotatable bonds is 6. The Morgan fingerprint density at radius 3 is 2.58 bits per heavy atom. The van der Waals surface area contributed by atoms with Crippen LogP contribution in [0.3, 0.4) is 0 Å². The quantitative estimate of drug-likeness (QED) is 0.767. The minimum absolute atomic E-state index is 0.175. The third-order valence-electron chi connectivity index (χ3n) is 3.89. The highest BCUT2D eigenvalue weighted by molar-refractivity contribution is 6.33. The van der Waals surface area contributed by atoms with Crippen molar-refractivity contribution < 1.29 is 19.1 Å². The largest absolute Gasteiger partial charge is 0.454 e. The van der Waals surface area contributed by atoms with Crippen molar-refractivity contribution in [1.82, 2.24) is 10.6 Å². The lowest BCUT2D eigenvalue weighted by Crippen LogP contribution is -2.42. The minimum Gasteiger partial charge on any atom is -0.454 e. The van der Waals surface area contributed by atoms with Gasteiger partial charge in [0.25, 0.3) is 11.8 Å². The molecule has 1 aliphatic carbocycles. The monoisotopic (exact) mass is 352 g/mol. The van der Waals surface area contributed by atoms with Crippen molar-refractivity contribution in [1.29, 1.82) is 0 Å². The van der Waals surface area contributed by atoms with Crippen LogP contribution in [0.5, 0.6) is 0 Å². The molecule has 0 saturated heterocycles. The van der Waals surface area contributed by atoms with Crippen LogP contribution in [0.15, 0.2) is 24.3 Å². The van der Waals surface area contributed by atoms with Gasteiger partial charge in [-0.15, -0.1) is 0 Å². The number of amides is 2. The summed E-state index contributed by atoms with van der Waals surface area (Å²) in [5, 5.41) is 5.63. The standard InChI is InChI=1S/C17H21ClN2O4/c1-11(19-16(22)13-8-4-5-9-14(13)18)17(23)24-10-15(21)20-12-6-2-3-7-12/h4-5,8-9,11-12H,2-3,6-7,10H2,1H3,(H,19,22)(H,20,21). The molecule has 1 atom stereocenters. The molecule has 1 fully saturated rings. The highest BCUT2D eigenvalue weighted by Crippen LogP contribution is 2.17. The fraction of sp³-hybridized carbons (Fsp3) is 0.471. The zero-order valence-corrected chi connectivity index (χ0v) is 14.3. The summed E-state index contributed by atoms with van der Waals surface area (Å²) in [6, 6.07) is 5.83. The normalized spacial score (nSPS) is 15.6. The Hall–Kier alpha value is -2.08. The average Bonchev–Trinajstić information content (AvgIpc) is 3.05. The summed E-state index contributed by atoms with van der Waals surface area (Å²) in [5.74, 6) is -1.46. The van der Waals surface area contributed by atoms with E-state index in [-0.39, 0.29) is 24.1 Å². The molecule has 0 aromatic heterocycles. The predicted octanol–water partition coefficient (Wildman–Crippen LogP) is 2.06. The Balaban J connectivity index is 1.76. The molecule has 1 unspecified atom stereocenters. The van der Waals surface area contributed by atoms with Crippen LogP contribution in [-0.4, -0.2) is 36.5 Å². The molecule has 0 aliphatic heterocycles. The lowest BCUT2D eigenvalue weighted by Gasteiger charge is -2.15. The number of hydrogen-bond acceptors (Lipinski definition) is 4. The van der Waals surface area contributed by atoms with Gasteiger partial charge in [0, 0.05) is 6.04 Å². The van der Waals surface area contributed by atoms with Crippen LogP contribution in [0, 0.1) is 0 Å². The van der Waals surface area contributed by atoms with E-state index in [1.807, 2.05) is 0 Å². The molecular weight excluding hydrogens is 332 g/mol. The molecule has 0 spiro atoms. The van der Waals surface area contributed by atoms with Gasteiger partial charge in [-0.05, 0) is 31.9 Å². The zero-order valence-electron chi connectivity index (χ0n) is 13.5. The van der Waals surface area contributed by atoms with E-state index < -0.39 is 17.9 Å². The molecule has 6 nitrogen and oxygen atoms in total. The summed E-state index contributed by atoms with van der Waals surface area (Å²) < 4.78 is 4.94. The molecule has 0 radical (unpaired) electrons. The summed E-state index contributed by atoms with van der Waals surface area (Å²) in [6.45, 7) is 1.15. The number of halogens is 1. The summed E-state index contributed by atoms with van der Waals surface area (Å²) in [7, 11) is 0. The number of benzene rings is 1. The van der Waals surface area contributed by atoms with E-state index >= 15 is 0 Å². The average molecular weight is 353 g/mol. The Morgan fingerprint density at radius 1 is 1.25 bits per heavy atom. The van der Waals surface area contributed by atoms with E-state index in [9.17, 15) is 14.4 Å². The highest BCUT2D eigenvalue weighted by atomic mass is 35.5. The van der Waals surface area contributed by atoms with E-state index in [4.69, 9.17) is 16.3 Å². The van der Waals surface area contributed by atoms with E-state index in [0.29, 0.717) is 5.02 Å². The van der Waals surface area contributed by atoms with Crippen LogP contribution in [0.1, 0.15) is 43.0 Å². The zero-order chi connectivity index (χ0) is 17.5. The Labute approximate surface area is 145 Å². The second kappa shape index (κ2) is 8.68. The fourth-order valence-electron chi connectivity index (χ4n) is 2.58. The van der Waals surface area contributed by atoms with Crippen molar-refractivity contribution in [2.45, 2.75) is 44.7 Å². The van der Waals surface area contributed by atoms with E-state index in [1.54, 1.807) is 24.3 Å². The third-order valence-corrected chi connectivity index (χ3v) is 4.22. The first kappa shape index (κ1) is 18.3. The van der Waals surface area contributed by atoms with Crippen molar-refractivity contribution in [2.24, 2.45) is 0 Å². The second-order valence-corrected chi connectivity index (χ2v) is 6.24. The summed E-state index contributed by atoms with van der Waals surface area (Å²) in [4.78, 5) is 35.7. The van der Waals surface area contributed by atoms with Crippen LogP contribution in [0.25, 0.3) is 0 Å². The first-order valence-electron chi connectivity index (χ1n) is 7.98. The summed E-state index contributed by atoms with van der Waals surface area (Å²) in [5.41, 5.74) is 0.276. The molecule has 1 aliphatic rings. The van der Waals surface area contributed by atoms with Crippen LogP contribution in [0.4, 0.5) is 0 Å². The van der Waals surface area contributed by atoms with Crippen LogP contribution in [0.2, 0.25) is 5.02 Å². The molecule has 2 rings (SSSR count). The molecule has 130 valence electrons. The number of ether oxygens (including phenoxy) is 1. The van der Waals surface area contributed by atoms with Crippen molar-refractivity contribution in [2.75, 3.05) is 6.61 Å². The lowest BCUT2D eigenvalue weighted by atomic mass is 10.2. The minimum atomic E-state index is -0.881. The molecule has 2 amide bonds. The lowest BCUT2D eigenvalue weighted by molar-refractivity contribution is -0.150. The van der Waals surface area contributed by atoms with Crippen molar-refractivity contribution in [3.8, 4) is 0 Å². The maximum absolute atomic E-state index is 12.1. The number of carbonyl (C=O) groups excluding carboxylic acids is 3. The van der Waals surface area contributed by atoms with Gasteiger partial charge < -0.3 is 15.4 Å². The fourth-order valence-corrected chi connectivity index (χ4v) is 2.80. The highest BCUT2D eigenvalue weighted by Gasteiger charge is 2.21. The van der Waals surface area contributed by atoms with E-state index in [2.05, 4.69) is 10.6 Å². The number of carbonyl (C=O) groups is 3. The van der Waals surface area contributed by atoms with Gasteiger partial charge in [0.1, 0.15) is 6.04 Å². The van der Waals surface area contributed by atoms with Gasteiger partial charge in [0.15, 0.2) is 6.61 Å². The van der Waals surface area contributed by atoms with Gasteiger partial charge in [-0.25, -0.2) is 4.79 Å². The van der Waals surface area contributed by atoms with Gasteiger partial charge in [-0.1, -0.05) is 36.6 Å². The smallest absolute Gasteiger partial charge is 0.328 e. The number of nitrogens with one attached hydrogen (secondary N) is 2. The van der Waals surface area contributed by atoms with E-state index in [0.717, 1.165) is 25.7 Å². The summed E-state index contributed by atoms with van der Waals surface area (Å²) >= 11 is 5.94. The Kier molecular flexibility index (Phi) is 6.61. The van der Waals surface area contributed by atoms with Gasteiger partial charge >= 0.3 is 5.97 Å². The van der Waals surface area contributed by atoms with Crippen molar-refractivity contribution in [3.05, 3.63) is 34.9 Å². The van der Waals surface area contributed by atoms with Gasteiger partial charge in [0.2, 0.25) is 0 Å². The van der Waals surface area contributed by atoms with E-state index in [1.165, 1.54) is 6.92 Å². The molecule has 1 saturated carbocycles. The third kappa shape index (κ3) is 5.23. The van der Waals surface area contributed by atoms with Gasteiger partial charge in [-0.2, -0.15) is 0 Å². The van der Waals surface area contributed by atoms with Gasteiger partial charge in [-0.3, -0.25) is 9.59 Å². The number of esters is 1. The molecule has 0 heterocycles. The molecular formula is C17H21ClN2O4.